The predicted octanol–water partition coefficient (Wildman–Crippen LogP) is 4.88. The number of anilines is 1. The highest BCUT2D eigenvalue weighted by molar-refractivity contribution is 8.93. The van der Waals surface area contributed by atoms with Crippen molar-refractivity contribution in [3.63, 3.8) is 0 Å². The molecule has 0 bridgehead atoms. The van der Waals surface area contributed by atoms with Crippen LogP contribution in [-0.2, 0) is 0 Å². The molecule has 0 spiro atoms. The SMILES string of the molecule is Br.CCOc1cccc2sc(NCC(=O)c3ccc(C)cc3)nc12. The Kier molecular flexibility index (Phi) is 6.34. The van der Waals surface area contributed by atoms with Crippen LogP contribution in [0, 0.1) is 6.92 Å². The number of fused-ring (bicyclic) bond motifs is 1. The molecule has 6 heteroatoms. The van der Waals surface area contributed by atoms with Crippen molar-refractivity contribution >= 4 is 49.4 Å². The fraction of sp³-hybridized carbons (Fsp3) is 0.222. The van der Waals surface area contributed by atoms with Gasteiger partial charge >= 0.3 is 0 Å². The van der Waals surface area contributed by atoms with Crippen molar-refractivity contribution in [2.75, 3.05) is 18.5 Å². The molecule has 1 N–H and O–H groups in total. The highest BCUT2D eigenvalue weighted by Crippen LogP contribution is 2.32. The van der Waals surface area contributed by atoms with Crippen LogP contribution in [0.3, 0.4) is 0 Å². The van der Waals surface area contributed by atoms with Crippen molar-refractivity contribution in [2.24, 2.45) is 0 Å². The molecule has 0 saturated heterocycles. The largest absolute Gasteiger partial charge is 0.492 e. The Morgan fingerprint density at radius 2 is 1.96 bits per heavy atom. The summed E-state index contributed by atoms with van der Waals surface area (Å²) >= 11 is 1.52. The van der Waals surface area contributed by atoms with Crippen LogP contribution in [-0.4, -0.2) is 23.9 Å². The number of aryl methyl sites for hydroxylation is 1. The monoisotopic (exact) mass is 406 g/mol. The molecule has 2 aromatic carbocycles. The van der Waals surface area contributed by atoms with Crippen molar-refractivity contribution in [1.29, 1.82) is 0 Å². The normalized spacial score (nSPS) is 10.2. The number of ether oxygens (including phenoxy) is 1. The first-order chi connectivity index (χ1) is 11.2. The first-order valence-electron chi connectivity index (χ1n) is 7.53. The van der Waals surface area contributed by atoms with Gasteiger partial charge in [0.15, 0.2) is 10.9 Å². The molecule has 0 atom stereocenters. The van der Waals surface area contributed by atoms with E-state index in [-0.39, 0.29) is 29.3 Å². The van der Waals surface area contributed by atoms with Crippen molar-refractivity contribution in [2.45, 2.75) is 13.8 Å². The second-order valence-electron chi connectivity index (χ2n) is 5.20. The van der Waals surface area contributed by atoms with Gasteiger partial charge in [0.2, 0.25) is 0 Å². The average molecular weight is 407 g/mol. The molecule has 1 aromatic heterocycles. The number of halogens is 1. The van der Waals surface area contributed by atoms with E-state index in [0.29, 0.717) is 12.2 Å². The minimum atomic E-state index is 0. The van der Waals surface area contributed by atoms with Gasteiger partial charge in [0, 0.05) is 5.56 Å². The van der Waals surface area contributed by atoms with Crippen molar-refractivity contribution < 1.29 is 9.53 Å². The Hall–Kier alpha value is -1.92. The Labute approximate surface area is 155 Å². The van der Waals surface area contributed by atoms with Gasteiger partial charge in [-0.25, -0.2) is 4.98 Å². The van der Waals surface area contributed by atoms with E-state index < -0.39 is 0 Å². The summed E-state index contributed by atoms with van der Waals surface area (Å²) in [6.07, 6.45) is 0. The van der Waals surface area contributed by atoms with E-state index in [1.54, 1.807) is 0 Å². The van der Waals surface area contributed by atoms with Gasteiger partial charge in [0.05, 0.1) is 17.9 Å². The molecular formula is C18H19BrN2O2S. The van der Waals surface area contributed by atoms with Crippen LogP contribution in [0.15, 0.2) is 42.5 Å². The number of aromatic nitrogens is 1. The first-order valence-corrected chi connectivity index (χ1v) is 8.35. The number of nitrogens with zero attached hydrogens (tertiary/aromatic N) is 1. The lowest BCUT2D eigenvalue weighted by Crippen LogP contribution is -2.13. The van der Waals surface area contributed by atoms with E-state index in [4.69, 9.17) is 4.74 Å². The standard InChI is InChI=1S/C18H18N2O2S.BrH/c1-3-22-15-5-4-6-16-17(15)20-18(23-16)19-11-14(21)13-9-7-12(2)8-10-13;/h4-10H,3,11H2,1-2H3,(H,19,20);1H. The highest BCUT2D eigenvalue weighted by atomic mass is 79.9. The smallest absolute Gasteiger partial charge is 0.184 e. The van der Waals surface area contributed by atoms with Gasteiger partial charge in [0.1, 0.15) is 11.3 Å². The summed E-state index contributed by atoms with van der Waals surface area (Å²) in [6.45, 7) is 4.78. The molecular weight excluding hydrogens is 388 g/mol. The van der Waals surface area contributed by atoms with E-state index in [1.807, 2.05) is 56.3 Å². The van der Waals surface area contributed by atoms with E-state index in [1.165, 1.54) is 11.3 Å². The fourth-order valence-corrected chi connectivity index (χ4v) is 3.15. The van der Waals surface area contributed by atoms with Gasteiger partial charge in [0.25, 0.3) is 0 Å². The number of hydrogen-bond acceptors (Lipinski definition) is 5. The van der Waals surface area contributed by atoms with E-state index in [0.717, 1.165) is 26.7 Å². The Balaban J connectivity index is 0.00000208. The maximum atomic E-state index is 12.2. The highest BCUT2D eigenvalue weighted by Gasteiger charge is 2.10. The number of rotatable bonds is 6. The predicted molar refractivity (Wildman–Crippen MR) is 105 cm³/mol. The van der Waals surface area contributed by atoms with E-state index in [2.05, 4.69) is 10.3 Å². The number of nitrogens with one attached hydrogen (secondary N) is 1. The lowest BCUT2D eigenvalue weighted by Gasteiger charge is -2.03. The lowest BCUT2D eigenvalue weighted by molar-refractivity contribution is 0.101. The number of benzene rings is 2. The minimum absolute atomic E-state index is 0. The topological polar surface area (TPSA) is 51.2 Å². The molecule has 0 saturated carbocycles. The third-order valence-electron chi connectivity index (χ3n) is 3.46. The summed E-state index contributed by atoms with van der Waals surface area (Å²) in [4.78, 5) is 16.7. The lowest BCUT2D eigenvalue weighted by atomic mass is 10.1. The van der Waals surface area contributed by atoms with Crippen LogP contribution >= 0.6 is 28.3 Å². The molecule has 0 aliphatic rings. The number of thiazole rings is 1. The summed E-state index contributed by atoms with van der Waals surface area (Å²) in [5.41, 5.74) is 2.69. The molecule has 0 fully saturated rings. The minimum Gasteiger partial charge on any atom is -0.492 e. The molecule has 0 aliphatic carbocycles. The zero-order valence-electron chi connectivity index (χ0n) is 13.5. The summed E-state index contributed by atoms with van der Waals surface area (Å²) in [5, 5.41) is 3.85. The fourth-order valence-electron chi connectivity index (χ4n) is 2.27. The molecule has 3 rings (SSSR count). The van der Waals surface area contributed by atoms with Gasteiger partial charge in [-0.05, 0) is 26.0 Å². The van der Waals surface area contributed by atoms with Crippen LogP contribution in [0.2, 0.25) is 0 Å². The zero-order chi connectivity index (χ0) is 16.2. The first kappa shape index (κ1) is 18.4. The molecule has 0 amide bonds. The Bertz CT molecular complexity index is 831. The van der Waals surface area contributed by atoms with Crippen LogP contribution in [0.5, 0.6) is 5.75 Å². The number of para-hydroxylation sites is 1. The summed E-state index contributed by atoms with van der Waals surface area (Å²) in [6, 6.07) is 13.5. The van der Waals surface area contributed by atoms with Gasteiger partial charge in [-0.15, -0.1) is 17.0 Å². The molecule has 24 heavy (non-hydrogen) atoms. The van der Waals surface area contributed by atoms with Crippen LogP contribution < -0.4 is 10.1 Å². The number of carbonyl (C=O) groups excluding carboxylic acids is 1. The molecule has 0 radical (unpaired) electrons. The summed E-state index contributed by atoms with van der Waals surface area (Å²) in [7, 11) is 0. The average Bonchev–Trinajstić information content (AvgIpc) is 2.98. The van der Waals surface area contributed by atoms with Crippen LogP contribution in [0.1, 0.15) is 22.8 Å². The molecule has 4 nitrogen and oxygen atoms in total. The van der Waals surface area contributed by atoms with Gasteiger partial charge < -0.3 is 10.1 Å². The molecule has 0 unspecified atom stereocenters. The summed E-state index contributed by atoms with van der Waals surface area (Å²) < 4.78 is 6.63. The maximum absolute atomic E-state index is 12.2. The van der Waals surface area contributed by atoms with Crippen molar-refractivity contribution in [3.8, 4) is 5.75 Å². The second kappa shape index (κ2) is 8.26. The van der Waals surface area contributed by atoms with E-state index in [9.17, 15) is 4.79 Å². The number of carbonyl (C=O) groups is 1. The number of hydrogen-bond donors (Lipinski definition) is 1. The van der Waals surface area contributed by atoms with E-state index >= 15 is 0 Å². The molecule has 3 aromatic rings. The third kappa shape index (κ3) is 4.13. The number of Topliss-reactive ketones (excluding diaryl/α,β-unsaturated/α-hetero) is 1. The Morgan fingerprint density at radius 1 is 1.21 bits per heavy atom. The molecule has 1 heterocycles. The number of ketones is 1. The van der Waals surface area contributed by atoms with Crippen molar-refractivity contribution in [1.82, 2.24) is 4.98 Å². The Morgan fingerprint density at radius 3 is 2.67 bits per heavy atom. The molecule has 0 aliphatic heterocycles. The van der Waals surface area contributed by atoms with Crippen LogP contribution in [0.4, 0.5) is 5.13 Å². The quantitative estimate of drug-likeness (QED) is 0.592. The van der Waals surface area contributed by atoms with Gasteiger partial charge in [-0.3, -0.25) is 4.79 Å². The van der Waals surface area contributed by atoms with Crippen molar-refractivity contribution in [3.05, 3.63) is 53.6 Å². The third-order valence-corrected chi connectivity index (χ3v) is 4.43. The molecule has 126 valence electrons. The van der Waals surface area contributed by atoms with Gasteiger partial charge in [-0.1, -0.05) is 47.2 Å². The maximum Gasteiger partial charge on any atom is 0.184 e. The summed E-state index contributed by atoms with van der Waals surface area (Å²) in [5.74, 6) is 0.827. The zero-order valence-corrected chi connectivity index (χ0v) is 16.1. The second-order valence-corrected chi connectivity index (χ2v) is 6.23. The van der Waals surface area contributed by atoms with Gasteiger partial charge in [-0.2, -0.15) is 0 Å². The van der Waals surface area contributed by atoms with Crippen LogP contribution in [0.25, 0.3) is 10.2 Å².